The molecule has 0 saturated heterocycles. The zero-order chi connectivity index (χ0) is 20.7. The minimum atomic E-state index is -3.49. The van der Waals surface area contributed by atoms with Crippen LogP contribution in [-0.4, -0.2) is 26.6 Å². The van der Waals surface area contributed by atoms with Gasteiger partial charge < -0.3 is 5.32 Å². The quantitative estimate of drug-likeness (QED) is 0.603. The molecule has 0 aliphatic rings. The first-order valence-electron chi connectivity index (χ1n) is 9.26. The number of benzene rings is 2. The van der Waals surface area contributed by atoms with Gasteiger partial charge in [0.2, 0.25) is 15.9 Å². The van der Waals surface area contributed by atoms with E-state index in [2.05, 4.69) is 10.0 Å². The first-order valence-corrected chi connectivity index (χ1v) is 12.0. The molecule has 152 valence electrons. The third kappa shape index (κ3) is 6.65. The molecule has 0 aromatic heterocycles. The number of aryl methyl sites for hydroxylation is 1. The van der Waals surface area contributed by atoms with Crippen LogP contribution in [0.2, 0.25) is 0 Å². The van der Waals surface area contributed by atoms with Crippen molar-refractivity contribution in [3.05, 3.63) is 59.7 Å². The van der Waals surface area contributed by atoms with Crippen LogP contribution < -0.4 is 10.0 Å². The molecule has 0 unspecified atom stereocenters. The van der Waals surface area contributed by atoms with Crippen molar-refractivity contribution in [1.29, 1.82) is 0 Å². The summed E-state index contributed by atoms with van der Waals surface area (Å²) in [5.41, 5.74) is 1.99. The summed E-state index contributed by atoms with van der Waals surface area (Å²) in [7, 11) is -3.49. The molecule has 2 rings (SSSR count). The zero-order valence-corrected chi connectivity index (χ0v) is 18.4. The smallest absolute Gasteiger partial charge is 0.240 e. The van der Waals surface area contributed by atoms with Gasteiger partial charge in [0.15, 0.2) is 0 Å². The highest BCUT2D eigenvalue weighted by Gasteiger charge is 2.15. The van der Waals surface area contributed by atoms with Crippen molar-refractivity contribution in [1.82, 2.24) is 10.0 Å². The van der Waals surface area contributed by atoms with Crippen LogP contribution in [-0.2, 0) is 21.2 Å². The maximum atomic E-state index is 12.2. The summed E-state index contributed by atoms with van der Waals surface area (Å²) in [6.07, 6.45) is 2.94. The molecule has 5 nitrogen and oxygen atoms in total. The van der Waals surface area contributed by atoms with E-state index in [9.17, 15) is 13.2 Å². The molecule has 0 aliphatic heterocycles. The number of rotatable bonds is 9. The van der Waals surface area contributed by atoms with Crippen LogP contribution >= 0.6 is 11.8 Å². The van der Waals surface area contributed by atoms with E-state index in [-0.39, 0.29) is 22.9 Å². The van der Waals surface area contributed by atoms with E-state index in [4.69, 9.17) is 0 Å². The lowest BCUT2D eigenvalue weighted by Crippen LogP contribution is -2.30. The molecule has 0 bridgehead atoms. The van der Waals surface area contributed by atoms with Crippen molar-refractivity contribution < 1.29 is 13.2 Å². The number of amides is 1. The molecule has 0 radical (unpaired) electrons. The van der Waals surface area contributed by atoms with Crippen molar-refractivity contribution >= 4 is 27.7 Å². The normalized spacial score (nSPS) is 12.8. The van der Waals surface area contributed by atoms with E-state index >= 15 is 0 Å². The Morgan fingerprint density at radius 1 is 1.00 bits per heavy atom. The number of sulfonamides is 1. The summed E-state index contributed by atoms with van der Waals surface area (Å²) < 4.78 is 26.8. The summed E-state index contributed by atoms with van der Waals surface area (Å²) >= 11 is 1.69. The molecule has 7 heteroatoms. The largest absolute Gasteiger partial charge is 0.350 e. The highest BCUT2D eigenvalue weighted by molar-refractivity contribution is 7.98. The third-order valence-corrected chi connectivity index (χ3v) is 6.68. The van der Waals surface area contributed by atoms with Gasteiger partial charge in [0.25, 0.3) is 0 Å². The lowest BCUT2D eigenvalue weighted by molar-refractivity contribution is -0.121. The Morgan fingerprint density at radius 3 is 2.14 bits per heavy atom. The fraction of sp³-hybridized carbons (Fsp3) is 0.381. The zero-order valence-electron chi connectivity index (χ0n) is 16.7. The van der Waals surface area contributed by atoms with Crippen LogP contribution in [0.3, 0.4) is 0 Å². The molecule has 0 heterocycles. The molecule has 2 aromatic carbocycles. The van der Waals surface area contributed by atoms with Crippen molar-refractivity contribution in [2.24, 2.45) is 0 Å². The highest BCUT2D eigenvalue weighted by atomic mass is 32.2. The molecule has 2 aromatic rings. The fourth-order valence-corrected chi connectivity index (χ4v) is 4.42. The molecule has 28 heavy (non-hydrogen) atoms. The SMILES string of the molecule is CSc1ccc([C@H](C)NC(=O)CCc2ccc(S(=O)(=O)NC(C)C)cc2)cc1. The van der Waals surface area contributed by atoms with E-state index in [0.29, 0.717) is 12.8 Å². The van der Waals surface area contributed by atoms with E-state index in [0.717, 1.165) is 11.1 Å². The Balaban J connectivity index is 1.88. The van der Waals surface area contributed by atoms with Gasteiger partial charge in [0, 0.05) is 17.4 Å². The minimum Gasteiger partial charge on any atom is -0.350 e. The average Bonchev–Trinajstić information content (AvgIpc) is 2.65. The number of carbonyl (C=O) groups excluding carboxylic acids is 1. The first-order chi connectivity index (χ1) is 13.2. The molecule has 0 fully saturated rings. The summed E-state index contributed by atoms with van der Waals surface area (Å²) in [5.74, 6) is -0.0281. The number of hydrogen-bond donors (Lipinski definition) is 2. The first kappa shape index (κ1) is 22.5. The molecule has 0 saturated carbocycles. The highest BCUT2D eigenvalue weighted by Crippen LogP contribution is 2.19. The number of thioether (sulfide) groups is 1. The van der Waals surface area contributed by atoms with Crippen LogP contribution in [0.5, 0.6) is 0 Å². The number of hydrogen-bond acceptors (Lipinski definition) is 4. The standard InChI is InChI=1S/C21H28N2O3S2/c1-15(2)23-28(25,26)20-12-5-17(6-13-20)7-14-21(24)22-16(3)18-8-10-19(27-4)11-9-18/h5-6,8-13,15-16,23H,7,14H2,1-4H3,(H,22,24)/t16-/m0/s1. The molecule has 0 spiro atoms. The summed E-state index contributed by atoms with van der Waals surface area (Å²) in [6.45, 7) is 5.53. The maximum absolute atomic E-state index is 12.2. The van der Waals surface area contributed by atoms with Crippen molar-refractivity contribution in [2.45, 2.75) is 55.5 Å². The maximum Gasteiger partial charge on any atom is 0.240 e. The van der Waals surface area contributed by atoms with Crippen LogP contribution in [0.15, 0.2) is 58.3 Å². The van der Waals surface area contributed by atoms with Gasteiger partial charge >= 0.3 is 0 Å². The molecule has 1 atom stereocenters. The van der Waals surface area contributed by atoms with Gasteiger partial charge in [-0.1, -0.05) is 24.3 Å². The second-order valence-corrected chi connectivity index (χ2v) is 9.58. The minimum absolute atomic E-state index is 0.0281. The predicted molar refractivity (Wildman–Crippen MR) is 115 cm³/mol. The van der Waals surface area contributed by atoms with E-state index in [1.54, 1.807) is 49.9 Å². The molecular formula is C21H28N2O3S2. The van der Waals surface area contributed by atoms with Gasteiger partial charge in [-0.25, -0.2) is 13.1 Å². The lowest BCUT2D eigenvalue weighted by Gasteiger charge is -2.15. The van der Waals surface area contributed by atoms with Gasteiger partial charge in [-0.2, -0.15) is 0 Å². The Bertz CT molecular complexity index is 877. The molecular weight excluding hydrogens is 392 g/mol. The summed E-state index contributed by atoms with van der Waals surface area (Å²) in [4.78, 5) is 13.7. The van der Waals surface area contributed by atoms with Gasteiger partial charge in [-0.15, -0.1) is 11.8 Å². The van der Waals surface area contributed by atoms with Gasteiger partial charge in [0.1, 0.15) is 0 Å². The number of nitrogens with one attached hydrogen (secondary N) is 2. The van der Waals surface area contributed by atoms with Gasteiger partial charge in [-0.3, -0.25) is 4.79 Å². The topological polar surface area (TPSA) is 75.3 Å². The molecule has 2 N–H and O–H groups in total. The van der Waals surface area contributed by atoms with Crippen LogP contribution in [0.4, 0.5) is 0 Å². The molecule has 1 amide bonds. The Hall–Kier alpha value is -1.83. The van der Waals surface area contributed by atoms with Gasteiger partial charge in [-0.05, 0) is 68.8 Å². The second-order valence-electron chi connectivity index (χ2n) is 6.98. The van der Waals surface area contributed by atoms with Gasteiger partial charge in [0.05, 0.1) is 10.9 Å². The summed E-state index contributed by atoms with van der Waals surface area (Å²) in [5, 5.41) is 3.01. The summed E-state index contributed by atoms with van der Waals surface area (Å²) in [6, 6.07) is 14.6. The lowest BCUT2D eigenvalue weighted by atomic mass is 10.1. The number of carbonyl (C=O) groups is 1. The van der Waals surface area contributed by atoms with Crippen LogP contribution in [0.1, 0.15) is 44.4 Å². The van der Waals surface area contributed by atoms with E-state index in [1.165, 1.54) is 4.90 Å². The van der Waals surface area contributed by atoms with E-state index in [1.807, 2.05) is 37.4 Å². The Kier molecular flexibility index (Phi) is 8.10. The fourth-order valence-electron chi connectivity index (χ4n) is 2.76. The molecule has 0 aliphatic carbocycles. The van der Waals surface area contributed by atoms with Crippen molar-refractivity contribution in [3.63, 3.8) is 0 Å². The monoisotopic (exact) mass is 420 g/mol. The van der Waals surface area contributed by atoms with Crippen LogP contribution in [0, 0.1) is 0 Å². The van der Waals surface area contributed by atoms with Crippen molar-refractivity contribution in [3.8, 4) is 0 Å². The third-order valence-electron chi connectivity index (χ3n) is 4.26. The Labute approximate surface area is 172 Å². The second kappa shape index (κ2) is 10.1. The van der Waals surface area contributed by atoms with Crippen LogP contribution in [0.25, 0.3) is 0 Å². The average molecular weight is 421 g/mol. The predicted octanol–water partition coefficient (Wildman–Crippen LogP) is 3.91. The Morgan fingerprint density at radius 2 is 1.61 bits per heavy atom. The van der Waals surface area contributed by atoms with Crippen molar-refractivity contribution in [2.75, 3.05) is 6.26 Å². The van der Waals surface area contributed by atoms with E-state index < -0.39 is 10.0 Å².